The summed E-state index contributed by atoms with van der Waals surface area (Å²) >= 11 is 0. The molecule has 6 heteroatoms. The summed E-state index contributed by atoms with van der Waals surface area (Å²) in [6.07, 6.45) is -0.146. The zero-order valence-corrected chi connectivity index (χ0v) is 11.3. The van der Waals surface area contributed by atoms with Crippen LogP contribution in [0.25, 0.3) is 0 Å². The summed E-state index contributed by atoms with van der Waals surface area (Å²) in [6.45, 7) is 1.88. The topological polar surface area (TPSA) is 57.6 Å². The van der Waals surface area contributed by atoms with E-state index in [1.165, 1.54) is 35.6 Å². The molecule has 18 heavy (non-hydrogen) atoms. The summed E-state index contributed by atoms with van der Waals surface area (Å²) in [5.74, 6) is -0.553. The normalized spacial score (nSPS) is 13.8. The van der Waals surface area contributed by atoms with Crippen LogP contribution in [0.3, 0.4) is 0 Å². The molecule has 1 atom stereocenters. The number of nitrogens with zero attached hydrogens (tertiary/aromatic N) is 1. The summed E-state index contributed by atoms with van der Waals surface area (Å²) in [5.41, 5.74) is 0.542. The smallest absolute Gasteiger partial charge is 0.218 e. The minimum Gasteiger partial charge on any atom is -0.393 e. The van der Waals surface area contributed by atoms with Crippen molar-refractivity contribution in [2.75, 3.05) is 13.6 Å². The van der Waals surface area contributed by atoms with Crippen molar-refractivity contribution >= 4 is 10.0 Å². The molecule has 0 aliphatic rings. The second-order valence-corrected chi connectivity index (χ2v) is 6.42. The van der Waals surface area contributed by atoms with E-state index in [-0.39, 0.29) is 12.3 Å². The molecular formula is C12H18FNO3S. The number of rotatable bonds is 6. The Morgan fingerprint density at radius 2 is 1.89 bits per heavy atom. The highest BCUT2D eigenvalue weighted by atomic mass is 32.2. The van der Waals surface area contributed by atoms with E-state index in [2.05, 4.69) is 0 Å². The molecule has 1 rings (SSSR count). The van der Waals surface area contributed by atoms with Crippen LogP contribution in [0.4, 0.5) is 4.39 Å². The van der Waals surface area contributed by atoms with Crippen molar-refractivity contribution in [2.45, 2.75) is 25.2 Å². The van der Waals surface area contributed by atoms with Gasteiger partial charge in [0.25, 0.3) is 0 Å². The summed E-state index contributed by atoms with van der Waals surface area (Å²) < 4.78 is 37.8. The van der Waals surface area contributed by atoms with Gasteiger partial charge in [-0.15, -0.1) is 0 Å². The van der Waals surface area contributed by atoms with Gasteiger partial charge in [-0.3, -0.25) is 0 Å². The number of aliphatic hydroxyl groups excluding tert-OH is 1. The Balaban J connectivity index is 2.66. The number of hydrogen-bond donors (Lipinski definition) is 1. The quantitative estimate of drug-likeness (QED) is 0.853. The maximum atomic E-state index is 12.7. The molecule has 0 aliphatic carbocycles. The number of hydrogen-bond acceptors (Lipinski definition) is 3. The van der Waals surface area contributed by atoms with Gasteiger partial charge < -0.3 is 5.11 Å². The fourth-order valence-corrected chi connectivity index (χ4v) is 2.63. The van der Waals surface area contributed by atoms with E-state index in [0.29, 0.717) is 12.0 Å². The van der Waals surface area contributed by atoms with Gasteiger partial charge in [0, 0.05) is 13.6 Å². The highest BCUT2D eigenvalue weighted by Crippen LogP contribution is 2.11. The van der Waals surface area contributed by atoms with Crippen LogP contribution in [0, 0.1) is 5.82 Å². The molecule has 4 nitrogen and oxygen atoms in total. The van der Waals surface area contributed by atoms with E-state index in [1.807, 2.05) is 0 Å². The zero-order chi connectivity index (χ0) is 13.8. The van der Waals surface area contributed by atoms with Gasteiger partial charge in [0.2, 0.25) is 10.0 Å². The summed E-state index contributed by atoms with van der Waals surface area (Å²) in [6, 6.07) is 5.38. The highest BCUT2D eigenvalue weighted by Gasteiger charge is 2.18. The third kappa shape index (κ3) is 4.72. The van der Waals surface area contributed by atoms with Gasteiger partial charge in [-0.2, -0.15) is 0 Å². The summed E-state index contributed by atoms with van der Waals surface area (Å²) in [7, 11) is -1.95. The molecule has 0 spiro atoms. The first-order valence-corrected chi connectivity index (χ1v) is 7.28. The van der Waals surface area contributed by atoms with E-state index < -0.39 is 21.9 Å². The van der Waals surface area contributed by atoms with Crippen molar-refractivity contribution in [3.63, 3.8) is 0 Å². The minimum absolute atomic E-state index is 0.163. The highest BCUT2D eigenvalue weighted by molar-refractivity contribution is 7.88. The number of halogens is 1. The monoisotopic (exact) mass is 275 g/mol. The molecule has 0 bridgehead atoms. The molecule has 0 aromatic heterocycles. The van der Waals surface area contributed by atoms with Gasteiger partial charge in [-0.25, -0.2) is 17.1 Å². The number of benzene rings is 1. The Bertz CT molecular complexity index is 471. The molecule has 0 amide bonds. The van der Waals surface area contributed by atoms with E-state index in [9.17, 15) is 12.8 Å². The number of aliphatic hydroxyl groups is 1. The van der Waals surface area contributed by atoms with Gasteiger partial charge in [0.1, 0.15) is 5.82 Å². The first-order chi connectivity index (χ1) is 8.31. The van der Waals surface area contributed by atoms with Crippen molar-refractivity contribution in [1.29, 1.82) is 0 Å². The van der Waals surface area contributed by atoms with Crippen molar-refractivity contribution in [3.05, 3.63) is 35.6 Å². The molecule has 0 fully saturated rings. The van der Waals surface area contributed by atoms with E-state index in [0.717, 1.165) is 0 Å². The molecule has 1 aromatic rings. The molecule has 0 saturated heterocycles. The number of sulfonamides is 1. The molecule has 0 aliphatic heterocycles. The average molecular weight is 275 g/mol. The lowest BCUT2D eigenvalue weighted by atomic mass is 10.2. The molecule has 1 aromatic carbocycles. The van der Waals surface area contributed by atoms with E-state index in [1.54, 1.807) is 6.92 Å². The average Bonchev–Trinajstić information content (AvgIpc) is 2.28. The van der Waals surface area contributed by atoms with Crippen LogP contribution in [0.5, 0.6) is 0 Å². The molecule has 0 saturated carbocycles. The Morgan fingerprint density at radius 3 is 2.39 bits per heavy atom. The van der Waals surface area contributed by atoms with E-state index >= 15 is 0 Å². The van der Waals surface area contributed by atoms with Crippen molar-refractivity contribution in [1.82, 2.24) is 4.31 Å². The van der Waals surface area contributed by atoms with Gasteiger partial charge in [-0.05, 0) is 31.0 Å². The largest absolute Gasteiger partial charge is 0.393 e. The van der Waals surface area contributed by atoms with Gasteiger partial charge >= 0.3 is 0 Å². The van der Waals surface area contributed by atoms with Crippen LogP contribution in [0.2, 0.25) is 0 Å². The Hall–Kier alpha value is -0.980. The Morgan fingerprint density at radius 1 is 1.33 bits per heavy atom. The molecule has 102 valence electrons. The van der Waals surface area contributed by atoms with Gasteiger partial charge in [0.15, 0.2) is 0 Å². The fourth-order valence-electron chi connectivity index (χ4n) is 1.41. The van der Waals surface area contributed by atoms with Crippen LogP contribution < -0.4 is 0 Å². The molecule has 1 N–H and O–H groups in total. The van der Waals surface area contributed by atoms with Crippen molar-refractivity contribution < 1.29 is 17.9 Å². The van der Waals surface area contributed by atoms with Gasteiger partial charge in [0.05, 0.1) is 11.9 Å². The minimum atomic E-state index is -3.42. The van der Waals surface area contributed by atoms with Crippen molar-refractivity contribution in [2.24, 2.45) is 0 Å². The summed E-state index contributed by atoms with van der Waals surface area (Å²) in [5, 5.41) is 9.12. The third-order valence-corrected chi connectivity index (χ3v) is 4.43. The Labute approximate surface area is 107 Å². The van der Waals surface area contributed by atoms with Crippen LogP contribution >= 0.6 is 0 Å². The lowest BCUT2D eigenvalue weighted by molar-refractivity contribution is 0.177. The predicted molar refractivity (Wildman–Crippen MR) is 68.0 cm³/mol. The second kappa shape index (κ2) is 6.26. The zero-order valence-electron chi connectivity index (χ0n) is 10.5. The predicted octanol–water partition coefficient (Wildman–Crippen LogP) is 1.36. The summed E-state index contributed by atoms with van der Waals surface area (Å²) in [4.78, 5) is 0. The van der Waals surface area contributed by atoms with Crippen LogP contribution in [0.15, 0.2) is 24.3 Å². The first-order valence-electron chi connectivity index (χ1n) is 5.68. The standard InChI is InChI=1S/C12H18FNO3S/c1-10(15)7-8-14(2)18(16,17)9-11-3-5-12(13)6-4-11/h3-6,10,15H,7-9H2,1-2H3. The van der Waals surface area contributed by atoms with E-state index in [4.69, 9.17) is 5.11 Å². The van der Waals surface area contributed by atoms with Gasteiger partial charge in [-0.1, -0.05) is 12.1 Å². The lowest BCUT2D eigenvalue weighted by Crippen LogP contribution is -2.30. The van der Waals surface area contributed by atoms with Crippen LogP contribution in [0.1, 0.15) is 18.9 Å². The molecule has 1 unspecified atom stereocenters. The van der Waals surface area contributed by atoms with Crippen LogP contribution in [-0.2, 0) is 15.8 Å². The maximum absolute atomic E-state index is 12.7. The lowest BCUT2D eigenvalue weighted by Gasteiger charge is -2.17. The third-order valence-electron chi connectivity index (χ3n) is 2.60. The molecule has 0 heterocycles. The first kappa shape index (κ1) is 15.1. The SMILES string of the molecule is CC(O)CCN(C)S(=O)(=O)Cc1ccc(F)cc1. The van der Waals surface area contributed by atoms with Crippen molar-refractivity contribution in [3.8, 4) is 0 Å². The Kier molecular flexibility index (Phi) is 5.25. The van der Waals surface area contributed by atoms with Crippen LogP contribution in [-0.4, -0.2) is 37.5 Å². The molecular weight excluding hydrogens is 257 g/mol. The fraction of sp³-hybridized carbons (Fsp3) is 0.500. The second-order valence-electron chi connectivity index (χ2n) is 4.34. The molecule has 0 radical (unpaired) electrons. The maximum Gasteiger partial charge on any atom is 0.218 e.